The van der Waals surface area contributed by atoms with Crippen molar-refractivity contribution < 1.29 is 23.8 Å². The van der Waals surface area contributed by atoms with E-state index in [0.717, 1.165) is 11.1 Å². The third-order valence-corrected chi connectivity index (χ3v) is 5.57. The van der Waals surface area contributed by atoms with Gasteiger partial charge in [0.05, 0.1) is 16.7 Å². The maximum absolute atomic E-state index is 12.7. The first-order valence-electron chi connectivity index (χ1n) is 10.7. The highest BCUT2D eigenvalue weighted by Gasteiger charge is 2.40. The van der Waals surface area contributed by atoms with E-state index in [1.54, 1.807) is 47.3 Å². The van der Waals surface area contributed by atoms with Gasteiger partial charge in [0.15, 0.2) is 0 Å². The minimum absolute atomic E-state index is 0.0680. The van der Waals surface area contributed by atoms with Gasteiger partial charge in [0.2, 0.25) is 0 Å². The fraction of sp³-hybridized carbons (Fsp3) is 0.269. The number of nitriles is 1. The van der Waals surface area contributed by atoms with Crippen LogP contribution in [0.4, 0.5) is 0 Å². The Hall–Kier alpha value is -3.89. The fourth-order valence-electron chi connectivity index (χ4n) is 3.64. The van der Waals surface area contributed by atoms with Gasteiger partial charge in [-0.2, -0.15) is 5.26 Å². The summed E-state index contributed by atoms with van der Waals surface area (Å²) in [5.41, 5.74) is 3.46. The standard InChI is InChI=1S/C26H24N2O5/c1-17-3-7-20(8-4-17)25(29)31-16-23-22(33-26(30)21-9-5-18(2)6-10-21)13-24(32-23)28-12-11-19(14-27)15-28/h3-12,15,22-24H,13,16H2,1-2H3. The van der Waals surface area contributed by atoms with Gasteiger partial charge in [0.25, 0.3) is 0 Å². The van der Waals surface area contributed by atoms with Crippen LogP contribution in [0, 0.1) is 25.2 Å². The molecule has 0 N–H and O–H groups in total. The summed E-state index contributed by atoms with van der Waals surface area (Å²) in [5, 5.41) is 9.10. The highest BCUT2D eigenvalue weighted by atomic mass is 16.6. The predicted octanol–water partition coefficient (Wildman–Crippen LogP) is 4.35. The zero-order valence-corrected chi connectivity index (χ0v) is 18.4. The van der Waals surface area contributed by atoms with Crippen LogP contribution in [0.5, 0.6) is 0 Å². The second-order valence-corrected chi connectivity index (χ2v) is 8.10. The van der Waals surface area contributed by atoms with E-state index < -0.39 is 30.4 Å². The van der Waals surface area contributed by atoms with Crippen molar-refractivity contribution in [1.82, 2.24) is 4.57 Å². The molecule has 0 bridgehead atoms. The smallest absolute Gasteiger partial charge is 0.338 e. The Morgan fingerprint density at radius 1 is 1.00 bits per heavy atom. The first-order chi connectivity index (χ1) is 15.9. The molecule has 7 nitrogen and oxygen atoms in total. The number of ether oxygens (including phenoxy) is 3. The van der Waals surface area contributed by atoms with Crippen molar-refractivity contribution >= 4 is 11.9 Å². The van der Waals surface area contributed by atoms with Crippen LogP contribution in [-0.4, -0.2) is 35.3 Å². The summed E-state index contributed by atoms with van der Waals surface area (Å²) in [4.78, 5) is 25.2. The average molecular weight is 444 g/mol. The van der Waals surface area contributed by atoms with Gasteiger partial charge in [0.1, 0.15) is 31.1 Å². The van der Waals surface area contributed by atoms with Gasteiger partial charge in [0, 0.05) is 18.8 Å². The Morgan fingerprint density at radius 2 is 1.61 bits per heavy atom. The van der Waals surface area contributed by atoms with Crippen LogP contribution >= 0.6 is 0 Å². The lowest BCUT2D eigenvalue weighted by molar-refractivity contribution is -0.0570. The van der Waals surface area contributed by atoms with Crippen molar-refractivity contribution in [1.29, 1.82) is 5.26 Å². The van der Waals surface area contributed by atoms with Crippen molar-refractivity contribution in [3.8, 4) is 6.07 Å². The molecule has 0 radical (unpaired) electrons. The summed E-state index contributed by atoms with van der Waals surface area (Å²) in [6.07, 6.45) is 2.05. The second kappa shape index (κ2) is 9.72. The number of esters is 2. The normalized spacial score (nSPS) is 19.6. The zero-order valence-electron chi connectivity index (χ0n) is 18.4. The summed E-state index contributed by atoms with van der Waals surface area (Å²) in [6, 6.07) is 17.9. The minimum atomic E-state index is -0.647. The molecule has 1 aliphatic rings. The van der Waals surface area contributed by atoms with E-state index in [-0.39, 0.29) is 6.61 Å². The molecule has 2 aromatic carbocycles. The van der Waals surface area contributed by atoms with Crippen LogP contribution < -0.4 is 0 Å². The number of hydrogen-bond acceptors (Lipinski definition) is 6. The summed E-state index contributed by atoms with van der Waals surface area (Å²) < 4.78 is 19.1. The number of aromatic nitrogens is 1. The van der Waals surface area contributed by atoms with Crippen LogP contribution in [-0.2, 0) is 14.2 Å². The maximum atomic E-state index is 12.7. The molecule has 2 heterocycles. The van der Waals surface area contributed by atoms with Gasteiger partial charge < -0.3 is 18.8 Å². The number of nitrogens with zero attached hydrogens (tertiary/aromatic N) is 2. The van der Waals surface area contributed by atoms with E-state index in [2.05, 4.69) is 6.07 Å². The van der Waals surface area contributed by atoms with Crippen molar-refractivity contribution in [3.05, 3.63) is 94.8 Å². The van der Waals surface area contributed by atoms with Crippen LogP contribution in [0.3, 0.4) is 0 Å². The molecule has 1 fully saturated rings. The maximum Gasteiger partial charge on any atom is 0.338 e. The lowest BCUT2D eigenvalue weighted by Crippen LogP contribution is -2.32. The fourth-order valence-corrected chi connectivity index (χ4v) is 3.64. The lowest BCUT2D eigenvalue weighted by atomic mass is 10.1. The Morgan fingerprint density at radius 3 is 2.18 bits per heavy atom. The molecule has 0 aliphatic carbocycles. The topological polar surface area (TPSA) is 90.6 Å². The Labute approximate surface area is 192 Å². The average Bonchev–Trinajstić information content (AvgIpc) is 3.45. The van der Waals surface area contributed by atoms with E-state index in [0.29, 0.717) is 23.1 Å². The highest BCUT2D eigenvalue weighted by Crippen LogP contribution is 2.32. The molecular formula is C26H24N2O5. The second-order valence-electron chi connectivity index (χ2n) is 8.10. The van der Waals surface area contributed by atoms with E-state index >= 15 is 0 Å². The SMILES string of the molecule is Cc1ccc(C(=O)OCC2OC(n3ccc(C#N)c3)CC2OC(=O)c2ccc(C)cc2)cc1. The Bertz CT molecular complexity index is 1170. The molecule has 0 spiro atoms. The van der Waals surface area contributed by atoms with Crippen molar-refractivity contribution in [2.24, 2.45) is 0 Å². The van der Waals surface area contributed by atoms with E-state index in [4.69, 9.17) is 19.5 Å². The van der Waals surface area contributed by atoms with Crippen molar-refractivity contribution in [3.63, 3.8) is 0 Å². The largest absolute Gasteiger partial charge is 0.459 e. The van der Waals surface area contributed by atoms with Gasteiger partial charge in [-0.1, -0.05) is 35.4 Å². The summed E-state index contributed by atoms with van der Waals surface area (Å²) in [6.45, 7) is 3.81. The zero-order chi connectivity index (χ0) is 23.4. The molecule has 0 saturated carbocycles. The molecule has 3 unspecified atom stereocenters. The Balaban J connectivity index is 1.47. The molecule has 1 aliphatic heterocycles. The first kappa shape index (κ1) is 22.3. The minimum Gasteiger partial charge on any atom is -0.459 e. The molecule has 3 aromatic rings. The van der Waals surface area contributed by atoms with Crippen LogP contribution in [0.1, 0.15) is 50.1 Å². The quantitative estimate of drug-likeness (QED) is 0.525. The van der Waals surface area contributed by atoms with Gasteiger partial charge in [-0.15, -0.1) is 0 Å². The van der Waals surface area contributed by atoms with Crippen LogP contribution in [0.25, 0.3) is 0 Å². The molecule has 3 atom stereocenters. The third kappa shape index (κ3) is 5.30. The molecule has 33 heavy (non-hydrogen) atoms. The number of benzene rings is 2. The number of rotatable bonds is 6. The monoisotopic (exact) mass is 444 g/mol. The van der Waals surface area contributed by atoms with Crippen molar-refractivity contribution in [2.45, 2.75) is 38.7 Å². The van der Waals surface area contributed by atoms with Crippen LogP contribution in [0.15, 0.2) is 67.0 Å². The number of aryl methyl sites for hydroxylation is 2. The van der Waals surface area contributed by atoms with Gasteiger partial charge in [-0.25, -0.2) is 9.59 Å². The van der Waals surface area contributed by atoms with Gasteiger partial charge in [-0.05, 0) is 44.2 Å². The molecule has 0 amide bonds. The molecule has 4 rings (SSSR count). The van der Waals surface area contributed by atoms with E-state index in [1.807, 2.05) is 38.1 Å². The predicted molar refractivity (Wildman–Crippen MR) is 120 cm³/mol. The summed E-state index contributed by atoms with van der Waals surface area (Å²) >= 11 is 0. The third-order valence-electron chi connectivity index (χ3n) is 5.57. The molecule has 168 valence electrons. The van der Waals surface area contributed by atoms with Gasteiger partial charge >= 0.3 is 11.9 Å². The lowest BCUT2D eigenvalue weighted by Gasteiger charge is -2.19. The summed E-state index contributed by atoms with van der Waals surface area (Å²) in [7, 11) is 0. The molecule has 1 aromatic heterocycles. The van der Waals surface area contributed by atoms with E-state index in [9.17, 15) is 9.59 Å². The van der Waals surface area contributed by atoms with E-state index in [1.165, 1.54) is 0 Å². The summed E-state index contributed by atoms with van der Waals surface area (Å²) in [5.74, 6) is -0.942. The highest BCUT2D eigenvalue weighted by molar-refractivity contribution is 5.90. The molecule has 7 heteroatoms. The van der Waals surface area contributed by atoms with Gasteiger partial charge in [-0.3, -0.25) is 0 Å². The number of carbonyl (C=O) groups is 2. The van der Waals surface area contributed by atoms with Crippen molar-refractivity contribution in [2.75, 3.05) is 6.61 Å². The number of carbonyl (C=O) groups excluding carboxylic acids is 2. The number of hydrogen-bond donors (Lipinski definition) is 0. The molecular weight excluding hydrogens is 420 g/mol. The molecule has 1 saturated heterocycles. The van der Waals surface area contributed by atoms with Crippen LogP contribution in [0.2, 0.25) is 0 Å². The first-order valence-corrected chi connectivity index (χ1v) is 10.7. The Kier molecular flexibility index (Phi) is 6.57.